The van der Waals surface area contributed by atoms with E-state index < -0.39 is 0 Å². The van der Waals surface area contributed by atoms with Gasteiger partial charge in [0.15, 0.2) is 0 Å². The van der Waals surface area contributed by atoms with E-state index in [1.54, 1.807) is 25.4 Å². The number of carbonyl (C=O) groups is 2. The molecule has 0 radical (unpaired) electrons. The number of thiophene rings is 1. The standard InChI is InChI=1S/C18H22N4O2S/c1-13(23)22-6-4-14(5-7-22)9-15-10-20-16(11-19-15)12-21-18(24)17-3-2-8-25-17/h2-3,8,10-11,14H,4-7,9,12H2,1H3,(H,21,24). The van der Waals surface area contributed by atoms with Crippen molar-refractivity contribution in [3.63, 3.8) is 0 Å². The normalized spacial score (nSPS) is 15.2. The summed E-state index contributed by atoms with van der Waals surface area (Å²) >= 11 is 1.42. The lowest BCUT2D eigenvalue weighted by Crippen LogP contribution is -2.37. The zero-order valence-corrected chi connectivity index (χ0v) is 15.1. The summed E-state index contributed by atoms with van der Waals surface area (Å²) in [4.78, 5) is 34.7. The molecule has 7 heteroatoms. The molecular weight excluding hydrogens is 336 g/mol. The van der Waals surface area contributed by atoms with Gasteiger partial charge >= 0.3 is 0 Å². The lowest BCUT2D eigenvalue weighted by atomic mass is 9.92. The van der Waals surface area contributed by atoms with Crippen LogP contribution in [-0.2, 0) is 17.8 Å². The summed E-state index contributed by atoms with van der Waals surface area (Å²) in [5, 5.41) is 4.73. The summed E-state index contributed by atoms with van der Waals surface area (Å²) in [6, 6.07) is 3.65. The average molecular weight is 358 g/mol. The van der Waals surface area contributed by atoms with Crippen LogP contribution in [0, 0.1) is 5.92 Å². The van der Waals surface area contributed by atoms with Gasteiger partial charge in [-0.15, -0.1) is 11.3 Å². The summed E-state index contributed by atoms with van der Waals surface area (Å²) in [5.74, 6) is 0.625. The van der Waals surface area contributed by atoms with Gasteiger partial charge in [0.2, 0.25) is 5.91 Å². The smallest absolute Gasteiger partial charge is 0.261 e. The molecule has 3 heterocycles. The first-order valence-corrected chi connectivity index (χ1v) is 9.37. The molecule has 0 aliphatic carbocycles. The Balaban J connectivity index is 1.46. The van der Waals surface area contributed by atoms with Crippen LogP contribution in [0.5, 0.6) is 0 Å². The maximum absolute atomic E-state index is 11.9. The van der Waals surface area contributed by atoms with E-state index in [2.05, 4.69) is 15.3 Å². The number of carbonyl (C=O) groups excluding carboxylic acids is 2. The molecule has 2 aromatic rings. The maximum Gasteiger partial charge on any atom is 0.261 e. The zero-order valence-electron chi connectivity index (χ0n) is 14.3. The van der Waals surface area contributed by atoms with Gasteiger partial charge in [0.05, 0.1) is 29.0 Å². The molecule has 1 aliphatic rings. The molecule has 1 aliphatic heterocycles. The Morgan fingerprint density at radius 3 is 2.56 bits per heavy atom. The van der Waals surface area contributed by atoms with Crippen molar-refractivity contribution in [2.75, 3.05) is 13.1 Å². The lowest BCUT2D eigenvalue weighted by molar-refractivity contribution is -0.130. The van der Waals surface area contributed by atoms with Crippen molar-refractivity contribution in [1.29, 1.82) is 0 Å². The van der Waals surface area contributed by atoms with Crippen molar-refractivity contribution in [1.82, 2.24) is 20.2 Å². The minimum atomic E-state index is -0.0851. The number of hydrogen-bond donors (Lipinski definition) is 1. The van der Waals surface area contributed by atoms with Crippen molar-refractivity contribution < 1.29 is 9.59 Å². The molecule has 2 amide bonds. The van der Waals surface area contributed by atoms with E-state index in [-0.39, 0.29) is 11.8 Å². The molecule has 0 atom stereocenters. The number of hydrogen-bond acceptors (Lipinski definition) is 5. The van der Waals surface area contributed by atoms with Gasteiger partial charge in [0.25, 0.3) is 5.91 Å². The van der Waals surface area contributed by atoms with E-state index in [1.807, 2.05) is 16.3 Å². The third-order valence-electron chi connectivity index (χ3n) is 4.49. The van der Waals surface area contributed by atoms with Crippen molar-refractivity contribution in [2.45, 2.75) is 32.7 Å². The van der Waals surface area contributed by atoms with Gasteiger partial charge in [-0.05, 0) is 36.6 Å². The van der Waals surface area contributed by atoms with E-state index in [0.29, 0.717) is 17.3 Å². The Labute approximate surface area is 151 Å². The minimum absolute atomic E-state index is 0.0851. The molecule has 0 aromatic carbocycles. The molecule has 1 saturated heterocycles. The first-order chi connectivity index (χ1) is 12.1. The van der Waals surface area contributed by atoms with Crippen LogP contribution < -0.4 is 5.32 Å². The quantitative estimate of drug-likeness (QED) is 0.890. The zero-order chi connectivity index (χ0) is 17.6. The van der Waals surface area contributed by atoms with Crippen LogP contribution in [0.25, 0.3) is 0 Å². The highest BCUT2D eigenvalue weighted by molar-refractivity contribution is 7.12. The summed E-state index contributed by atoms with van der Waals surface area (Å²) in [6.07, 6.45) is 6.44. The number of nitrogens with one attached hydrogen (secondary N) is 1. The van der Waals surface area contributed by atoms with Crippen LogP contribution in [0.2, 0.25) is 0 Å². The fourth-order valence-electron chi connectivity index (χ4n) is 2.99. The largest absolute Gasteiger partial charge is 0.346 e. The van der Waals surface area contributed by atoms with Crippen LogP contribution in [0.3, 0.4) is 0 Å². The Hall–Kier alpha value is -2.28. The number of likely N-dealkylation sites (tertiary alicyclic amines) is 1. The summed E-state index contributed by atoms with van der Waals surface area (Å²) in [5.41, 5.74) is 1.72. The molecule has 6 nitrogen and oxygen atoms in total. The van der Waals surface area contributed by atoms with Crippen molar-refractivity contribution in [3.8, 4) is 0 Å². The van der Waals surface area contributed by atoms with Gasteiger partial charge in [-0.1, -0.05) is 6.07 Å². The second kappa shape index (κ2) is 8.20. The van der Waals surface area contributed by atoms with Crippen molar-refractivity contribution in [2.24, 2.45) is 5.92 Å². The molecule has 25 heavy (non-hydrogen) atoms. The minimum Gasteiger partial charge on any atom is -0.346 e. The Morgan fingerprint density at radius 1 is 1.24 bits per heavy atom. The van der Waals surface area contributed by atoms with Crippen LogP contribution >= 0.6 is 11.3 Å². The Bertz CT molecular complexity index is 707. The first kappa shape index (κ1) is 17.5. The third kappa shape index (κ3) is 4.85. The highest BCUT2D eigenvalue weighted by atomic mass is 32.1. The number of nitrogens with zero attached hydrogens (tertiary/aromatic N) is 3. The summed E-state index contributed by atoms with van der Waals surface area (Å²) < 4.78 is 0. The van der Waals surface area contributed by atoms with Crippen LogP contribution in [-0.4, -0.2) is 39.8 Å². The van der Waals surface area contributed by atoms with E-state index >= 15 is 0 Å². The van der Waals surface area contributed by atoms with E-state index in [4.69, 9.17) is 0 Å². The molecule has 1 fully saturated rings. The second-order valence-corrected chi connectivity index (χ2v) is 7.26. The van der Waals surface area contributed by atoms with Gasteiger partial charge in [-0.25, -0.2) is 0 Å². The van der Waals surface area contributed by atoms with Gasteiger partial charge in [-0.2, -0.15) is 0 Å². The fraction of sp³-hybridized carbons (Fsp3) is 0.444. The second-order valence-electron chi connectivity index (χ2n) is 6.31. The first-order valence-electron chi connectivity index (χ1n) is 8.49. The van der Waals surface area contributed by atoms with Crippen LogP contribution in [0.4, 0.5) is 0 Å². The highest BCUT2D eigenvalue weighted by Crippen LogP contribution is 2.20. The summed E-state index contributed by atoms with van der Waals surface area (Å²) in [7, 11) is 0. The molecule has 2 aromatic heterocycles. The number of rotatable bonds is 5. The molecule has 0 saturated carbocycles. The molecule has 132 valence electrons. The van der Waals surface area contributed by atoms with E-state index in [9.17, 15) is 9.59 Å². The molecule has 0 bridgehead atoms. The SMILES string of the molecule is CC(=O)N1CCC(Cc2cnc(CNC(=O)c3cccs3)cn2)CC1. The number of piperidine rings is 1. The van der Waals surface area contributed by atoms with E-state index in [1.165, 1.54) is 11.3 Å². The lowest BCUT2D eigenvalue weighted by Gasteiger charge is -2.31. The third-order valence-corrected chi connectivity index (χ3v) is 5.36. The average Bonchev–Trinajstić information content (AvgIpc) is 3.16. The molecule has 0 unspecified atom stereocenters. The molecular formula is C18H22N4O2S. The van der Waals surface area contributed by atoms with Crippen LogP contribution in [0.15, 0.2) is 29.9 Å². The molecule has 0 spiro atoms. The van der Waals surface area contributed by atoms with Gasteiger partial charge in [0.1, 0.15) is 0 Å². The van der Waals surface area contributed by atoms with Gasteiger partial charge < -0.3 is 10.2 Å². The number of aromatic nitrogens is 2. The monoisotopic (exact) mass is 358 g/mol. The van der Waals surface area contributed by atoms with Crippen molar-refractivity contribution >= 4 is 23.2 Å². The number of amides is 2. The Morgan fingerprint density at radius 2 is 1.96 bits per heavy atom. The molecule has 3 rings (SSSR count). The van der Waals surface area contributed by atoms with Crippen molar-refractivity contribution in [3.05, 3.63) is 46.2 Å². The van der Waals surface area contributed by atoms with Gasteiger partial charge in [0, 0.05) is 26.2 Å². The van der Waals surface area contributed by atoms with Crippen LogP contribution in [0.1, 0.15) is 40.8 Å². The predicted molar refractivity (Wildman–Crippen MR) is 96.2 cm³/mol. The fourth-order valence-corrected chi connectivity index (χ4v) is 3.63. The summed E-state index contributed by atoms with van der Waals surface area (Å²) in [6.45, 7) is 3.67. The van der Waals surface area contributed by atoms with E-state index in [0.717, 1.165) is 43.7 Å². The van der Waals surface area contributed by atoms with Gasteiger partial charge in [-0.3, -0.25) is 19.6 Å². The topological polar surface area (TPSA) is 75.2 Å². The highest BCUT2D eigenvalue weighted by Gasteiger charge is 2.21. The maximum atomic E-state index is 11.9. The predicted octanol–water partition coefficient (Wildman–Crippen LogP) is 2.27. The molecule has 1 N–H and O–H groups in total. The Kier molecular flexibility index (Phi) is 5.75.